The molecule has 0 aliphatic heterocycles. The van der Waals surface area contributed by atoms with Gasteiger partial charge < -0.3 is 15.0 Å². The highest BCUT2D eigenvalue weighted by Crippen LogP contribution is 2.29. The minimum absolute atomic E-state index is 0.00388. The lowest BCUT2D eigenvalue weighted by Gasteiger charge is -2.32. The summed E-state index contributed by atoms with van der Waals surface area (Å²) in [6, 6.07) is 16.5. The van der Waals surface area contributed by atoms with Crippen LogP contribution in [0.3, 0.4) is 0 Å². The molecule has 0 aliphatic carbocycles. The van der Waals surface area contributed by atoms with E-state index in [-0.39, 0.29) is 29.0 Å². The van der Waals surface area contributed by atoms with E-state index in [0.717, 1.165) is 4.31 Å². The number of nitrogens with zero attached hydrogens (tertiary/aromatic N) is 2. The smallest absolute Gasteiger partial charge is 0.264 e. The molecule has 0 fully saturated rings. The highest BCUT2D eigenvalue weighted by molar-refractivity contribution is 9.10. The van der Waals surface area contributed by atoms with Crippen LogP contribution in [0.25, 0.3) is 0 Å². The second-order valence-corrected chi connectivity index (χ2v) is 13.5. The molecule has 8 nitrogen and oxygen atoms in total. The standard InChI is InChI=1S/C30H34BrCl2N3O5S/c1-5-41-24-13-11-23(12-14-24)36(42(39,40)25-15-9-22(31)10-16-25)19-29(37)35(21(4)30(38)34-17-20(2)3)18-26-27(32)7-6-8-28(26)33/h6-16,20-21H,5,17-19H2,1-4H3,(H,34,38)/t21-/m0/s1. The van der Waals surface area contributed by atoms with E-state index in [1.54, 1.807) is 61.5 Å². The lowest BCUT2D eigenvalue weighted by atomic mass is 10.1. The number of anilines is 1. The third-order valence-electron chi connectivity index (χ3n) is 6.36. The van der Waals surface area contributed by atoms with Crippen LogP contribution in [0.5, 0.6) is 5.75 Å². The fraction of sp³-hybridized carbons (Fsp3) is 0.333. The summed E-state index contributed by atoms with van der Waals surface area (Å²) in [5.41, 5.74) is 0.698. The summed E-state index contributed by atoms with van der Waals surface area (Å²) in [5, 5.41) is 3.49. The summed E-state index contributed by atoms with van der Waals surface area (Å²) in [5.74, 6) is -0.259. The van der Waals surface area contributed by atoms with Crippen molar-refractivity contribution in [1.82, 2.24) is 10.2 Å². The molecule has 0 radical (unpaired) electrons. The monoisotopic (exact) mass is 697 g/mol. The Bertz CT molecular complexity index is 1470. The van der Waals surface area contributed by atoms with Crippen LogP contribution >= 0.6 is 39.1 Å². The van der Waals surface area contributed by atoms with Crippen LogP contribution in [-0.2, 0) is 26.2 Å². The van der Waals surface area contributed by atoms with Crippen molar-refractivity contribution in [2.45, 2.75) is 45.2 Å². The van der Waals surface area contributed by atoms with Gasteiger partial charge in [0.2, 0.25) is 11.8 Å². The molecule has 12 heteroatoms. The van der Waals surface area contributed by atoms with Gasteiger partial charge in [-0.1, -0.05) is 59.0 Å². The normalized spacial score (nSPS) is 12.1. The molecular formula is C30H34BrCl2N3O5S. The fourth-order valence-electron chi connectivity index (χ4n) is 4.03. The average Bonchev–Trinajstić information content (AvgIpc) is 2.95. The zero-order valence-corrected chi connectivity index (χ0v) is 27.7. The largest absolute Gasteiger partial charge is 0.494 e. The Balaban J connectivity index is 2.05. The van der Waals surface area contributed by atoms with Crippen molar-refractivity contribution < 1.29 is 22.7 Å². The molecule has 3 aromatic carbocycles. The molecule has 0 saturated heterocycles. The van der Waals surface area contributed by atoms with E-state index in [1.165, 1.54) is 17.0 Å². The van der Waals surface area contributed by atoms with Crippen LogP contribution in [0.2, 0.25) is 10.0 Å². The molecule has 3 rings (SSSR count). The number of carbonyl (C=O) groups excluding carboxylic acids is 2. The van der Waals surface area contributed by atoms with Gasteiger partial charge in [0.05, 0.1) is 17.2 Å². The molecule has 1 N–H and O–H groups in total. The Labute approximate surface area is 266 Å². The molecule has 42 heavy (non-hydrogen) atoms. The molecule has 0 bridgehead atoms. The van der Waals surface area contributed by atoms with E-state index in [9.17, 15) is 18.0 Å². The van der Waals surface area contributed by atoms with Crippen LogP contribution in [0.4, 0.5) is 5.69 Å². The van der Waals surface area contributed by atoms with Crippen molar-refractivity contribution in [3.05, 3.63) is 86.8 Å². The second-order valence-electron chi connectivity index (χ2n) is 9.93. The van der Waals surface area contributed by atoms with Crippen LogP contribution < -0.4 is 14.4 Å². The maximum absolute atomic E-state index is 14.1. The number of halogens is 3. The van der Waals surface area contributed by atoms with Gasteiger partial charge in [-0.25, -0.2) is 8.42 Å². The number of amides is 2. The van der Waals surface area contributed by atoms with E-state index in [0.29, 0.717) is 39.0 Å². The van der Waals surface area contributed by atoms with Gasteiger partial charge in [-0.05, 0) is 80.4 Å². The quantitative estimate of drug-likeness (QED) is 0.219. The molecule has 0 aromatic heterocycles. The Morgan fingerprint density at radius 2 is 1.55 bits per heavy atom. The predicted molar refractivity (Wildman–Crippen MR) is 171 cm³/mol. The van der Waals surface area contributed by atoms with Gasteiger partial charge in [0.1, 0.15) is 18.3 Å². The Morgan fingerprint density at radius 1 is 0.952 bits per heavy atom. The van der Waals surface area contributed by atoms with E-state index in [2.05, 4.69) is 21.2 Å². The maximum atomic E-state index is 14.1. The fourth-order valence-corrected chi connectivity index (χ4v) is 6.22. The zero-order chi connectivity index (χ0) is 31.0. The average molecular weight is 699 g/mol. The first-order valence-corrected chi connectivity index (χ1v) is 16.3. The number of benzene rings is 3. The van der Waals surface area contributed by atoms with Crippen LogP contribution in [0.1, 0.15) is 33.3 Å². The Kier molecular flexibility index (Phi) is 12.1. The molecule has 0 heterocycles. The SMILES string of the molecule is CCOc1ccc(N(CC(=O)N(Cc2c(Cl)cccc2Cl)[C@@H](C)C(=O)NCC(C)C)S(=O)(=O)c2ccc(Br)cc2)cc1. The number of carbonyl (C=O) groups is 2. The number of nitrogens with one attached hydrogen (secondary N) is 1. The number of hydrogen-bond donors (Lipinski definition) is 1. The highest BCUT2D eigenvalue weighted by Gasteiger charge is 2.33. The Morgan fingerprint density at radius 3 is 2.10 bits per heavy atom. The van der Waals surface area contributed by atoms with Crippen LogP contribution in [0, 0.1) is 5.92 Å². The number of sulfonamides is 1. The lowest BCUT2D eigenvalue weighted by Crippen LogP contribution is -2.51. The summed E-state index contributed by atoms with van der Waals surface area (Å²) in [6.07, 6.45) is 0. The van der Waals surface area contributed by atoms with Crippen molar-refractivity contribution in [3.63, 3.8) is 0 Å². The molecule has 0 spiro atoms. The first-order valence-electron chi connectivity index (χ1n) is 13.4. The summed E-state index contributed by atoms with van der Waals surface area (Å²) >= 11 is 16.2. The second kappa shape index (κ2) is 15.1. The van der Waals surface area contributed by atoms with Crippen LogP contribution in [-0.4, -0.2) is 50.9 Å². The molecule has 3 aromatic rings. The molecular weight excluding hydrogens is 665 g/mol. The van der Waals surface area contributed by atoms with Crippen molar-refractivity contribution in [3.8, 4) is 5.75 Å². The van der Waals surface area contributed by atoms with Gasteiger partial charge in [-0.3, -0.25) is 13.9 Å². The number of hydrogen-bond acceptors (Lipinski definition) is 5. The van der Waals surface area contributed by atoms with Gasteiger partial charge in [0, 0.05) is 33.2 Å². The molecule has 0 aliphatic rings. The topological polar surface area (TPSA) is 96.0 Å². The number of rotatable bonds is 13. The predicted octanol–water partition coefficient (Wildman–Crippen LogP) is 6.54. The van der Waals surface area contributed by atoms with Crippen molar-refractivity contribution >= 4 is 66.7 Å². The lowest BCUT2D eigenvalue weighted by molar-refractivity contribution is -0.139. The van der Waals surface area contributed by atoms with Crippen LogP contribution in [0.15, 0.2) is 76.1 Å². The van der Waals surface area contributed by atoms with Gasteiger partial charge in [-0.15, -0.1) is 0 Å². The van der Waals surface area contributed by atoms with Crippen molar-refractivity contribution in [2.75, 3.05) is 24.0 Å². The van der Waals surface area contributed by atoms with E-state index >= 15 is 0 Å². The molecule has 0 saturated carbocycles. The molecule has 1 atom stereocenters. The molecule has 2 amide bonds. The van der Waals surface area contributed by atoms with Gasteiger partial charge in [0.15, 0.2) is 0 Å². The minimum Gasteiger partial charge on any atom is -0.494 e. The first-order chi connectivity index (χ1) is 19.8. The van der Waals surface area contributed by atoms with E-state index in [1.807, 2.05) is 20.8 Å². The maximum Gasteiger partial charge on any atom is 0.264 e. The first kappa shape index (κ1) is 33.7. The van der Waals surface area contributed by atoms with Gasteiger partial charge in [0.25, 0.3) is 10.0 Å². The van der Waals surface area contributed by atoms with Crippen molar-refractivity contribution in [1.29, 1.82) is 0 Å². The van der Waals surface area contributed by atoms with Gasteiger partial charge >= 0.3 is 0 Å². The van der Waals surface area contributed by atoms with Gasteiger partial charge in [-0.2, -0.15) is 0 Å². The summed E-state index contributed by atoms with van der Waals surface area (Å²) in [7, 11) is -4.21. The number of ether oxygens (including phenoxy) is 1. The third-order valence-corrected chi connectivity index (χ3v) is 9.38. The summed E-state index contributed by atoms with van der Waals surface area (Å²) < 4.78 is 35.1. The van der Waals surface area contributed by atoms with E-state index in [4.69, 9.17) is 27.9 Å². The van der Waals surface area contributed by atoms with Crippen molar-refractivity contribution in [2.24, 2.45) is 5.92 Å². The Hall–Kier alpha value is -2.79. The molecule has 0 unspecified atom stereocenters. The third kappa shape index (κ3) is 8.63. The highest BCUT2D eigenvalue weighted by atomic mass is 79.9. The summed E-state index contributed by atoms with van der Waals surface area (Å²) in [6.45, 7) is 7.50. The van der Waals surface area contributed by atoms with E-state index < -0.39 is 28.5 Å². The summed E-state index contributed by atoms with van der Waals surface area (Å²) in [4.78, 5) is 28.5. The molecule has 226 valence electrons. The zero-order valence-electron chi connectivity index (χ0n) is 23.8. The minimum atomic E-state index is -4.21.